The fourth-order valence-corrected chi connectivity index (χ4v) is 2.20. The normalized spacial score (nSPS) is 10.2. The monoisotopic (exact) mass is 365 g/mol. The van der Waals surface area contributed by atoms with E-state index in [2.05, 4.69) is 15.2 Å². The van der Waals surface area contributed by atoms with Crippen LogP contribution >= 0.6 is 11.6 Å². The van der Waals surface area contributed by atoms with Crippen LogP contribution in [-0.4, -0.2) is 36.6 Å². The summed E-state index contributed by atoms with van der Waals surface area (Å²) in [4.78, 5) is 36.8. The molecule has 2 aromatic rings. The minimum atomic E-state index is -0.560. The molecule has 8 nitrogen and oxygen atoms in total. The van der Waals surface area contributed by atoms with Gasteiger partial charge in [-0.15, -0.1) is 0 Å². The SMILES string of the molecule is COC(=O)c1ccc(Cl)c(NC(=O)CN(C(C)=O)c2cc(C)on2)c1. The van der Waals surface area contributed by atoms with Crippen LogP contribution in [0.1, 0.15) is 23.0 Å². The highest BCUT2D eigenvalue weighted by molar-refractivity contribution is 6.34. The third-order valence-corrected chi connectivity index (χ3v) is 3.57. The molecule has 1 aromatic carbocycles. The molecule has 2 amide bonds. The van der Waals surface area contributed by atoms with Crippen molar-refractivity contribution in [2.45, 2.75) is 13.8 Å². The number of benzene rings is 1. The van der Waals surface area contributed by atoms with Crippen LogP contribution in [0.25, 0.3) is 0 Å². The second-order valence-corrected chi connectivity index (χ2v) is 5.54. The van der Waals surface area contributed by atoms with Gasteiger partial charge in [-0.2, -0.15) is 0 Å². The molecule has 0 bridgehead atoms. The van der Waals surface area contributed by atoms with E-state index in [0.717, 1.165) is 4.90 Å². The van der Waals surface area contributed by atoms with Gasteiger partial charge < -0.3 is 14.6 Å². The van der Waals surface area contributed by atoms with E-state index in [4.69, 9.17) is 16.1 Å². The number of amides is 2. The van der Waals surface area contributed by atoms with E-state index in [1.807, 2.05) is 0 Å². The Balaban J connectivity index is 2.16. The molecule has 0 saturated carbocycles. The van der Waals surface area contributed by atoms with Crippen LogP contribution in [0.2, 0.25) is 5.02 Å². The quantitative estimate of drug-likeness (QED) is 0.816. The molecule has 2 rings (SSSR count). The van der Waals surface area contributed by atoms with Gasteiger partial charge >= 0.3 is 5.97 Å². The van der Waals surface area contributed by atoms with Crippen molar-refractivity contribution in [2.75, 3.05) is 23.9 Å². The van der Waals surface area contributed by atoms with Crippen molar-refractivity contribution >= 4 is 40.9 Å². The lowest BCUT2D eigenvalue weighted by molar-refractivity contribution is -0.120. The summed E-state index contributed by atoms with van der Waals surface area (Å²) in [5.74, 6) is -0.710. The topological polar surface area (TPSA) is 102 Å². The zero-order chi connectivity index (χ0) is 18.6. The number of aryl methyl sites for hydroxylation is 1. The van der Waals surface area contributed by atoms with E-state index < -0.39 is 11.9 Å². The smallest absolute Gasteiger partial charge is 0.337 e. The van der Waals surface area contributed by atoms with E-state index in [0.29, 0.717) is 5.76 Å². The molecule has 0 radical (unpaired) electrons. The first-order valence-corrected chi connectivity index (χ1v) is 7.58. The number of methoxy groups -OCH3 is 1. The summed E-state index contributed by atoms with van der Waals surface area (Å²) >= 11 is 6.03. The van der Waals surface area contributed by atoms with Crippen LogP contribution < -0.4 is 10.2 Å². The molecule has 0 aliphatic heterocycles. The predicted molar refractivity (Wildman–Crippen MR) is 90.7 cm³/mol. The van der Waals surface area contributed by atoms with Gasteiger partial charge in [-0.25, -0.2) is 4.79 Å². The number of nitrogens with one attached hydrogen (secondary N) is 1. The minimum Gasteiger partial charge on any atom is -0.465 e. The molecule has 0 aliphatic rings. The Morgan fingerprint density at radius 1 is 1.32 bits per heavy atom. The first-order valence-electron chi connectivity index (χ1n) is 7.21. The standard InChI is InChI=1S/C16H16ClN3O5/c1-9-6-14(19-25-9)20(10(2)21)8-15(22)18-13-7-11(16(23)24-3)4-5-12(13)17/h4-7H,8H2,1-3H3,(H,18,22). The highest BCUT2D eigenvalue weighted by atomic mass is 35.5. The highest BCUT2D eigenvalue weighted by Gasteiger charge is 2.20. The third-order valence-electron chi connectivity index (χ3n) is 3.24. The summed E-state index contributed by atoms with van der Waals surface area (Å²) in [6, 6.07) is 5.88. The number of esters is 1. The molecular weight excluding hydrogens is 350 g/mol. The maximum Gasteiger partial charge on any atom is 0.337 e. The Labute approximate surface area is 148 Å². The lowest BCUT2D eigenvalue weighted by Gasteiger charge is -2.17. The van der Waals surface area contributed by atoms with Crippen molar-refractivity contribution in [2.24, 2.45) is 0 Å². The van der Waals surface area contributed by atoms with Crippen molar-refractivity contribution in [1.82, 2.24) is 5.16 Å². The van der Waals surface area contributed by atoms with Gasteiger partial charge in [0.15, 0.2) is 5.82 Å². The van der Waals surface area contributed by atoms with E-state index in [-0.39, 0.29) is 34.5 Å². The number of hydrogen-bond acceptors (Lipinski definition) is 6. The maximum atomic E-state index is 12.3. The number of rotatable bonds is 5. The number of carbonyl (C=O) groups is 3. The number of hydrogen-bond donors (Lipinski definition) is 1. The number of carbonyl (C=O) groups excluding carboxylic acids is 3. The fourth-order valence-electron chi connectivity index (χ4n) is 2.03. The van der Waals surface area contributed by atoms with Crippen LogP contribution in [0.15, 0.2) is 28.8 Å². The minimum absolute atomic E-state index is 0.231. The second kappa shape index (κ2) is 7.80. The molecule has 0 saturated heterocycles. The fraction of sp³-hybridized carbons (Fsp3) is 0.250. The van der Waals surface area contributed by atoms with Crippen LogP contribution in [-0.2, 0) is 14.3 Å². The predicted octanol–water partition coefficient (Wildman–Crippen LogP) is 2.41. The Morgan fingerprint density at radius 2 is 2.04 bits per heavy atom. The summed E-state index contributed by atoms with van der Waals surface area (Å²) in [5.41, 5.74) is 0.465. The van der Waals surface area contributed by atoms with Crippen molar-refractivity contribution in [3.63, 3.8) is 0 Å². The number of nitrogens with zero attached hydrogens (tertiary/aromatic N) is 2. The molecule has 0 unspecified atom stereocenters. The molecule has 0 aliphatic carbocycles. The van der Waals surface area contributed by atoms with Crippen LogP contribution in [0.5, 0.6) is 0 Å². The summed E-state index contributed by atoms with van der Waals surface area (Å²) in [5, 5.41) is 6.53. The van der Waals surface area contributed by atoms with Crippen molar-refractivity contribution in [3.05, 3.63) is 40.6 Å². The molecule has 1 N–H and O–H groups in total. The summed E-state index contributed by atoms with van der Waals surface area (Å²) in [6.45, 7) is 2.69. The van der Waals surface area contributed by atoms with Crippen LogP contribution in [0, 0.1) is 6.92 Å². The summed E-state index contributed by atoms with van der Waals surface area (Å²) in [6.07, 6.45) is 0. The second-order valence-electron chi connectivity index (χ2n) is 5.14. The number of ether oxygens (including phenoxy) is 1. The molecule has 1 aromatic heterocycles. The van der Waals surface area contributed by atoms with Gasteiger partial charge in [-0.3, -0.25) is 14.5 Å². The molecule has 9 heteroatoms. The number of aromatic nitrogens is 1. The van der Waals surface area contributed by atoms with Crippen molar-refractivity contribution in [1.29, 1.82) is 0 Å². The first kappa shape index (κ1) is 18.5. The zero-order valence-electron chi connectivity index (χ0n) is 13.8. The third kappa shape index (κ3) is 4.57. The van der Waals surface area contributed by atoms with Crippen molar-refractivity contribution < 1.29 is 23.6 Å². The Bertz CT molecular complexity index is 818. The number of halogens is 1. The summed E-state index contributed by atoms with van der Waals surface area (Å²) < 4.78 is 9.55. The van der Waals surface area contributed by atoms with Gasteiger partial charge in [0.1, 0.15) is 12.3 Å². The van der Waals surface area contributed by atoms with Gasteiger partial charge in [0, 0.05) is 13.0 Å². The maximum absolute atomic E-state index is 12.3. The van der Waals surface area contributed by atoms with Gasteiger partial charge in [-0.1, -0.05) is 16.8 Å². The van der Waals surface area contributed by atoms with Crippen LogP contribution in [0.3, 0.4) is 0 Å². The first-order chi connectivity index (χ1) is 11.8. The Hall–Kier alpha value is -2.87. The van der Waals surface area contributed by atoms with E-state index in [1.165, 1.54) is 32.2 Å². The van der Waals surface area contributed by atoms with E-state index >= 15 is 0 Å². The van der Waals surface area contributed by atoms with Gasteiger partial charge in [0.25, 0.3) is 0 Å². The molecular formula is C16H16ClN3O5. The zero-order valence-corrected chi connectivity index (χ0v) is 14.6. The molecule has 0 spiro atoms. The highest BCUT2D eigenvalue weighted by Crippen LogP contribution is 2.24. The lowest BCUT2D eigenvalue weighted by Crippen LogP contribution is -2.37. The Kier molecular flexibility index (Phi) is 5.76. The average molecular weight is 366 g/mol. The molecule has 132 valence electrons. The van der Waals surface area contributed by atoms with Crippen LogP contribution in [0.4, 0.5) is 11.5 Å². The van der Waals surface area contributed by atoms with Gasteiger partial charge in [0.2, 0.25) is 11.8 Å². The van der Waals surface area contributed by atoms with Crippen molar-refractivity contribution in [3.8, 4) is 0 Å². The van der Waals surface area contributed by atoms with E-state index in [9.17, 15) is 14.4 Å². The average Bonchev–Trinajstić information content (AvgIpc) is 2.99. The lowest BCUT2D eigenvalue weighted by atomic mass is 10.2. The van der Waals surface area contributed by atoms with Gasteiger partial charge in [0.05, 0.1) is 23.4 Å². The van der Waals surface area contributed by atoms with Gasteiger partial charge in [-0.05, 0) is 25.1 Å². The molecule has 25 heavy (non-hydrogen) atoms. The van der Waals surface area contributed by atoms with E-state index in [1.54, 1.807) is 13.0 Å². The molecule has 1 heterocycles. The molecule has 0 fully saturated rings. The summed E-state index contributed by atoms with van der Waals surface area (Å²) in [7, 11) is 1.25. The largest absolute Gasteiger partial charge is 0.465 e. The Morgan fingerprint density at radius 3 is 2.60 bits per heavy atom. The molecule has 0 atom stereocenters. The number of anilines is 2.